The van der Waals surface area contributed by atoms with Gasteiger partial charge in [0, 0.05) is 18.5 Å². The second kappa shape index (κ2) is 8.90. The van der Waals surface area contributed by atoms with Crippen LogP contribution >= 0.6 is 0 Å². The molecule has 2 aromatic heterocycles. The number of fused-ring (bicyclic) bond motifs is 3. The highest BCUT2D eigenvalue weighted by Gasteiger charge is 2.24. The summed E-state index contributed by atoms with van der Waals surface area (Å²) in [7, 11) is 1.30. The summed E-state index contributed by atoms with van der Waals surface area (Å²) < 4.78 is 11.0. The summed E-state index contributed by atoms with van der Waals surface area (Å²) in [5.74, 6) is -0.388. The van der Waals surface area contributed by atoms with E-state index in [9.17, 15) is 9.59 Å². The van der Waals surface area contributed by atoms with Gasteiger partial charge in [0.25, 0.3) is 5.91 Å². The molecule has 4 aromatic rings. The summed E-state index contributed by atoms with van der Waals surface area (Å²) in [6, 6.07) is 14.3. The van der Waals surface area contributed by atoms with Crippen molar-refractivity contribution in [2.24, 2.45) is 0 Å². The molecular formula is C25H24N4O4. The normalized spacial score (nSPS) is 14.3. The second-order valence-electron chi connectivity index (χ2n) is 8.04. The van der Waals surface area contributed by atoms with E-state index in [-0.39, 0.29) is 11.4 Å². The molecule has 0 aliphatic carbocycles. The van der Waals surface area contributed by atoms with Gasteiger partial charge in [0.2, 0.25) is 5.82 Å². The van der Waals surface area contributed by atoms with Crippen LogP contribution in [-0.2, 0) is 4.74 Å². The summed E-state index contributed by atoms with van der Waals surface area (Å²) >= 11 is 0. The number of nitrogens with zero attached hydrogens (tertiary/aromatic N) is 3. The fourth-order valence-corrected chi connectivity index (χ4v) is 4.23. The number of para-hydroxylation sites is 2. The minimum absolute atomic E-state index is 0.0213. The van der Waals surface area contributed by atoms with Crippen molar-refractivity contribution in [2.75, 3.05) is 30.4 Å². The Morgan fingerprint density at radius 3 is 2.48 bits per heavy atom. The average molecular weight is 444 g/mol. The number of carbonyl (C=O) groups excluding carboxylic acids is 2. The third kappa shape index (κ3) is 4.00. The average Bonchev–Trinajstić information content (AvgIpc) is 3.01. The molecule has 168 valence electrons. The third-order valence-electron chi connectivity index (χ3n) is 5.89. The highest BCUT2D eigenvalue weighted by molar-refractivity contribution is 6.10. The first-order chi connectivity index (χ1) is 16.2. The smallest absolute Gasteiger partial charge is 0.339 e. The highest BCUT2D eigenvalue weighted by atomic mass is 16.5. The molecular weight excluding hydrogens is 420 g/mol. The number of methoxy groups -OCH3 is 1. The van der Waals surface area contributed by atoms with Crippen LogP contribution < -0.4 is 10.2 Å². The summed E-state index contributed by atoms with van der Waals surface area (Å²) in [6.07, 6.45) is 4.45. The van der Waals surface area contributed by atoms with Crippen molar-refractivity contribution in [3.63, 3.8) is 0 Å². The lowest BCUT2D eigenvalue weighted by Crippen LogP contribution is -2.27. The van der Waals surface area contributed by atoms with E-state index in [0.717, 1.165) is 31.3 Å². The Hall–Kier alpha value is -3.94. The van der Waals surface area contributed by atoms with Crippen molar-refractivity contribution in [1.82, 2.24) is 9.97 Å². The lowest BCUT2D eigenvalue weighted by molar-refractivity contribution is 0.0602. The minimum Gasteiger partial charge on any atom is -0.465 e. The zero-order chi connectivity index (χ0) is 22.8. The van der Waals surface area contributed by atoms with Gasteiger partial charge in [0.1, 0.15) is 11.1 Å². The molecule has 8 heteroatoms. The first kappa shape index (κ1) is 20.9. The lowest BCUT2D eigenvalue weighted by Gasteiger charge is -2.21. The molecule has 1 aliphatic rings. The predicted molar refractivity (Wildman–Crippen MR) is 126 cm³/mol. The molecule has 0 atom stereocenters. The number of aromatic nitrogens is 2. The number of ether oxygens (including phenoxy) is 1. The number of amides is 1. The van der Waals surface area contributed by atoms with E-state index < -0.39 is 11.9 Å². The van der Waals surface area contributed by atoms with Crippen LogP contribution in [0.2, 0.25) is 0 Å². The first-order valence-electron chi connectivity index (χ1n) is 11.1. The highest BCUT2D eigenvalue weighted by Crippen LogP contribution is 2.34. The summed E-state index contributed by atoms with van der Waals surface area (Å²) in [6.45, 7) is 1.69. The van der Waals surface area contributed by atoms with E-state index in [1.54, 1.807) is 24.3 Å². The van der Waals surface area contributed by atoms with Gasteiger partial charge in [0.05, 0.1) is 18.4 Å². The maximum atomic E-state index is 13.2. The number of anilines is 2. The molecule has 1 saturated heterocycles. The monoisotopic (exact) mass is 444 g/mol. The fraction of sp³-hybridized carbons (Fsp3) is 0.280. The van der Waals surface area contributed by atoms with Crippen LogP contribution in [-0.4, -0.2) is 42.0 Å². The topological polar surface area (TPSA) is 97.6 Å². The van der Waals surface area contributed by atoms with Crippen LogP contribution in [0.25, 0.3) is 22.1 Å². The van der Waals surface area contributed by atoms with Gasteiger partial charge in [0.15, 0.2) is 11.4 Å². The van der Waals surface area contributed by atoms with Crippen LogP contribution in [0.4, 0.5) is 11.5 Å². The van der Waals surface area contributed by atoms with Gasteiger partial charge in [-0.15, -0.1) is 0 Å². The van der Waals surface area contributed by atoms with Gasteiger partial charge in [-0.1, -0.05) is 37.1 Å². The Kier molecular flexibility index (Phi) is 5.64. The molecule has 0 unspecified atom stereocenters. The van der Waals surface area contributed by atoms with Gasteiger partial charge < -0.3 is 19.4 Å². The fourth-order valence-electron chi connectivity index (χ4n) is 4.23. The molecule has 1 fully saturated rings. The predicted octanol–water partition coefficient (Wildman–Crippen LogP) is 4.80. The maximum Gasteiger partial charge on any atom is 0.339 e. The number of rotatable bonds is 4. The van der Waals surface area contributed by atoms with Crippen molar-refractivity contribution in [3.8, 4) is 0 Å². The molecule has 3 heterocycles. The molecule has 0 spiro atoms. The molecule has 33 heavy (non-hydrogen) atoms. The summed E-state index contributed by atoms with van der Waals surface area (Å²) in [5, 5.41) is 3.60. The Balaban J connectivity index is 1.60. The number of furan rings is 1. The molecule has 1 N–H and O–H groups in total. The second-order valence-corrected chi connectivity index (χ2v) is 8.04. The summed E-state index contributed by atoms with van der Waals surface area (Å²) in [4.78, 5) is 36.8. The zero-order valence-electron chi connectivity index (χ0n) is 18.3. The van der Waals surface area contributed by atoms with Crippen molar-refractivity contribution in [1.29, 1.82) is 0 Å². The van der Waals surface area contributed by atoms with Gasteiger partial charge in [-0.05, 0) is 37.1 Å². The van der Waals surface area contributed by atoms with Crippen LogP contribution in [0.3, 0.4) is 0 Å². The standard InChI is InChI=1S/C25H24N4O4/c1-32-25(31)16-10-4-6-12-18(16)26-24(30)22-27-20-17-11-5-7-13-19(17)33-21(20)23(28-22)29-14-8-2-3-9-15-29/h4-7,10-13H,2-3,8-9,14-15H2,1H3,(H,26,30). The molecule has 2 aromatic carbocycles. The number of hydrogen-bond acceptors (Lipinski definition) is 7. The first-order valence-corrected chi connectivity index (χ1v) is 11.1. The van der Waals surface area contributed by atoms with Crippen molar-refractivity contribution in [3.05, 3.63) is 59.9 Å². The molecule has 0 saturated carbocycles. The number of hydrogen-bond donors (Lipinski definition) is 1. The van der Waals surface area contributed by atoms with E-state index in [1.807, 2.05) is 24.3 Å². The van der Waals surface area contributed by atoms with Crippen molar-refractivity contribution < 1.29 is 18.7 Å². The third-order valence-corrected chi connectivity index (χ3v) is 5.89. The van der Waals surface area contributed by atoms with E-state index in [2.05, 4.69) is 20.2 Å². The summed E-state index contributed by atoms with van der Waals surface area (Å²) in [5.41, 5.74) is 2.49. The van der Waals surface area contributed by atoms with Gasteiger partial charge in [-0.3, -0.25) is 4.79 Å². The molecule has 0 radical (unpaired) electrons. The SMILES string of the molecule is COC(=O)c1ccccc1NC(=O)c1nc(N2CCCCCC2)c2oc3ccccc3c2n1. The van der Waals surface area contributed by atoms with E-state index in [0.29, 0.717) is 28.2 Å². The Morgan fingerprint density at radius 1 is 0.970 bits per heavy atom. The Morgan fingerprint density at radius 2 is 1.70 bits per heavy atom. The van der Waals surface area contributed by atoms with Gasteiger partial charge in [-0.25, -0.2) is 14.8 Å². The lowest BCUT2D eigenvalue weighted by atomic mass is 10.2. The van der Waals surface area contributed by atoms with E-state index in [4.69, 9.17) is 9.15 Å². The zero-order valence-corrected chi connectivity index (χ0v) is 18.3. The Labute approximate surface area is 190 Å². The van der Waals surface area contributed by atoms with Crippen LogP contribution in [0.15, 0.2) is 52.9 Å². The molecule has 8 nitrogen and oxygen atoms in total. The molecule has 1 amide bonds. The van der Waals surface area contributed by atoms with E-state index >= 15 is 0 Å². The molecule has 1 aliphatic heterocycles. The number of benzene rings is 2. The van der Waals surface area contributed by atoms with Gasteiger partial charge >= 0.3 is 5.97 Å². The van der Waals surface area contributed by atoms with Gasteiger partial charge in [-0.2, -0.15) is 0 Å². The number of nitrogens with one attached hydrogen (secondary N) is 1. The minimum atomic E-state index is -0.534. The van der Waals surface area contributed by atoms with Crippen molar-refractivity contribution in [2.45, 2.75) is 25.7 Å². The van der Waals surface area contributed by atoms with Crippen LogP contribution in [0.1, 0.15) is 46.7 Å². The largest absolute Gasteiger partial charge is 0.465 e. The molecule has 0 bridgehead atoms. The quantitative estimate of drug-likeness (QED) is 0.452. The number of carbonyl (C=O) groups is 2. The van der Waals surface area contributed by atoms with Crippen molar-refractivity contribution >= 4 is 45.5 Å². The molecule has 5 rings (SSSR count). The van der Waals surface area contributed by atoms with Crippen LogP contribution in [0.5, 0.6) is 0 Å². The Bertz CT molecular complexity index is 1340. The van der Waals surface area contributed by atoms with Crippen LogP contribution in [0, 0.1) is 0 Å². The number of esters is 1. The van der Waals surface area contributed by atoms with E-state index in [1.165, 1.54) is 20.0 Å². The maximum absolute atomic E-state index is 13.2.